The summed E-state index contributed by atoms with van der Waals surface area (Å²) < 4.78 is 5.07. The monoisotopic (exact) mass is 265 g/mol. The topological polar surface area (TPSA) is 54.5 Å². The number of pyridine rings is 1. The molecule has 106 valence electrons. The first-order chi connectivity index (χ1) is 9.13. The largest absolute Gasteiger partial charge is 0.383 e. The standard InChI is InChI=1S/C14H23N3O2/c1-5-11(2)17(9-10-19-4)14(18)12-7-6-8-13(15-3)16-12/h6-8,11H,5,9-10H2,1-4H3,(H,15,16). The number of hydrogen-bond donors (Lipinski definition) is 1. The van der Waals surface area contributed by atoms with Gasteiger partial charge in [-0.2, -0.15) is 0 Å². The van der Waals surface area contributed by atoms with E-state index in [0.29, 0.717) is 24.7 Å². The molecule has 1 N–H and O–H groups in total. The fourth-order valence-electron chi connectivity index (χ4n) is 1.77. The van der Waals surface area contributed by atoms with Gasteiger partial charge in [-0.3, -0.25) is 4.79 Å². The molecular formula is C14H23N3O2. The van der Waals surface area contributed by atoms with Crippen molar-refractivity contribution < 1.29 is 9.53 Å². The maximum absolute atomic E-state index is 12.5. The Kier molecular flexibility index (Phi) is 6.29. The van der Waals surface area contributed by atoms with Crippen LogP contribution in [0.15, 0.2) is 18.2 Å². The van der Waals surface area contributed by atoms with Gasteiger partial charge in [0.25, 0.3) is 5.91 Å². The van der Waals surface area contributed by atoms with E-state index in [1.165, 1.54) is 0 Å². The van der Waals surface area contributed by atoms with Crippen molar-refractivity contribution in [3.63, 3.8) is 0 Å². The fraction of sp³-hybridized carbons (Fsp3) is 0.571. The SMILES string of the molecule is CCC(C)N(CCOC)C(=O)c1cccc(NC)n1. The highest BCUT2D eigenvalue weighted by molar-refractivity contribution is 5.92. The van der Waals surface area contributed by atoms with Crippen LogP contribution < -0.4 is 5.32 Å². The average molecular weight is 265 g/mol. The summed E-state index contributed by atoms with van der Waals surface area (Å²) in [4.78, 5) is 18.6. The zero-order chi connectivity index (χ0) is 14.3. The third kappa shape index (κ3) is 4.21. The molecule has 5 nitrogen and oxygen atoms in total. The summed E-state index contributed by atoms with van der Waals surface area (Å²) in [5.74, 6) is 0.644. The van der Waals surface area contributed by atoms with Crippen LogP contribution >= 0.6 is 0 Å². The first kappa shape index (κ1) is 15.4. The lowest BCUT2D eigenvalue weighted by Crippen LogP contribution is -2.40. The van der Waals surface area contributed by atoms with Crippen LogP contribution in [0.1, 0.15) is 30.8 Å². The van der Waals surface area contributed by atoms with Gasteiger partial charge in [-0.05, 0) is 25.5 Å². The minimum Gasteiger partial charge on any atom is -0.383 e. The summed E-state index contributed by atoms with van der Waals surface area (Å²) in [7, 11) is 3.42. The van der Waals surface area contributed by atoms with Crippen LogP contribution in [0.4, 0.5) is 5.82 Å². The number of ether oxygens (including phenoxy) is 1. The predicted octanol–water partition coefficient (Wildman–Crippen LogP) is 2.01. The van der Waals surface area contributed by atoms with Crippen molar-refractivity contribution in [3.8, 4) is 0 Å². The number of anilines is 1. The van der Waals surface area contributed by atoms with Crippen molar-refractivity contribution in [2.75, 3.05) is 32.6 Å². The van der Waals surface area contributed by atoms with Gasteiger partial charge < -0.3 is 15.0 Å². The molecule has 0 radical (unpaired) electrons. The molecule has 0 aromatic carbocycles. The zero-order valence-corrected chi connectivity index (χ0v) is 12.1. The van der Waals surface area contributed by atoms with Gasteiger partial charge in [-0.25, -0.2) is 4.98 Å². The van der Waals surface area contributed by atoms with Crippen LogP contribution in [0.5, 0.6) is 0 Å². The molecule has 1 heterocycles. The second-order valence-corrected chi connectivity index (χ2v) is 4.41. The predicted molar refractivity (Wildman–Crippen MR) is 76.4 cm³/mol. The van der Waals surface area contributed by atoms with Crippen LogP contribution in [0.2, 0.25) is 0 Å². The van der Waals surface area contributed by atoms with Crippen molar-refractivity contribution in [2.24, 2.45) is 0 Å². The Bertz CT molecular complexity index is 409. The molecule has 0 saturated heterocycles. The average Bonchev–Trinajstić information content (AvgIpc) is 2.47. The third-order valence-corrected chi connectivity index (χ3v) is 3.14. The van der Waals surface area contributed by atoms with Gasteiger partial charge in [0.1, 0.15) is 11.5 Å². The summed E-state index contributed by atoms with van der Waals surface area (Å²) in [5.41, 5.74) is 0.461. The Balaban J connectivity index is 2.90. The molecule has 0 aliphatic heterocycles. The Labute approximate surface area is 115 Å². The number of aromatic nitrogens is 1. The molecule has 0 spiro atoms. The van der Waals surface area contributed by atoms with E-state index >= 15 is 0 Å². The van der Waals surface area contributed by atoms with Crippen molar-refractivity contribution in [2.45, 2.75) is 26.3 Å². The van der Waals surface area contributed by atoms with Crippen LogP contribution in [0, 0.1) is 0 Å². The Hall–Kier alpha value is -1.62. The quantitative estimate of drug-likeness (QED) is 0.819. The van der Waals surface area contributed by atoms with E-state index in [1.807, 2.05) is 24.0 Å². The Morgan fingerprint density at radius 3 is 2.84 bits per heavy atom. The first-order valence-corrected chi connectivity index (χ1v) is 6.58. The molecular weight excluding hydrogens is 242 g/mol. The molecule has 0 fully saturated rings. The molecule has 19 heavy (non-hydrogen) atoms. The molecule has 5 heteroatoms. The van der Waals surface area contributed by atoms with Crippen molar-refractivity contribution in [3.05, 3.63) is 23.9 Å². The number of nitrogens with one attached hydrogen (secondary N) is 1. The first-order valence-electron chi connectivity index (χ1n) is 6.58. The maximum Gasteiger partial charge on any atom is 0.272 e. The molecule has 0 aliphatic rings. The number of nitrogens with zero attached hydrogens (tertiary/aromatic N) is 2. The van der Waals surface area contributed by atoms with E-state index in [4.69, 9.17) is 4.74 Å². The number of carbonyl (C=O) groups excluding carboxylic acids is 1. The van der Waals surface area contributed by atoms with E-state index in [1.54, 1.807) is 20.2 Å². The fourth-order valence-corrected chi connectivity index (χ4v) is 1.77. The van der Waals surface area contributed by atoms with Gasteiger partial charge in [-0.1, -0.05) is 13.0 Å². The normalized spacial score (nSPS) is 12.0. The van der Waals surface area contributed by atoms with Gasteiger partial charge in [0.05, 0.1) is 6.61 Å². The van der Waals surface area contributed by atoms with E-state index in [-0.39, 0.29) is 11.9 Å². The molecule has 0 bridgehead atoms. The van der Waals surface area contributed by atoms with E-state index in [9.17, 15) is 4.79 Å². The van der Waals surface area contributed by atoms with Gasteiger partial charge >= 0.3 is 0 Å². The molecule has 1 aromatic rings. The minimum atomic E-state index is -0.0523. The lowest BCUT2D eigenvalue weighted by molar-refractivity contribution is 0.0608. The number of hydrogen-bond acceptors (Lipinski definition) is 4. The Morgan fingerprint density at radius 1 is 1.53 bits per heavy atom. The molecule has 0 aliphatic carbocycles. The maximum atomic E-state index is 12.5. The molecule has 0 saturated carbocycles. The third-order valence-electron chi connectivity index (χ3n) is 3.14. The van der Waals surface area contributed by atoms with Crippen molar-refractivity contribution >= 4 is 11.7 Å². The number of methoxy groups -OCH3 is 1. The summed E-state index contributed by atoms with van der Waals surface area (Å²) in [6, 6.07) is 5.57. The van der Waals surface area contributed by atoms with Gasteiger partial charge in [-0.15, -0.1) is 0 Å². The molecule has 1 aromatic heterocycles. The van der Waals surface area contributed by atoms with Crippen molar-refractivity contribution in [1.82, 2.24) is 9.88 Å². The molecule has 1 rings (SSSR count). The van der Waals surface area contributed by atoms with Crippen LogP contribution in [-0.2, 0) is 4.74 Å². The number of rotatable bonds is 7. The van der Waals surface area contributed by atoms with Gasteiger partial charge in [0.15, 0.2) is 0 Å². The second kappa shape index (κ2) is 7.74. The summed E-state index contributed by atoms with van der Waals surface area (Å²) >= 11 is 0. The highest BCUT2D eigenvalue weighted by Crippen LogP contribution is 2.11. The molecule has 1 atom stereocenters. The number of amides is 1. The second-order valence-electron chi connectivity index (χ2n) is 4.41. The number of carbonyl (C=O) groups is 1. The molecule has 1 amide bonds. The Morgan fingerprint density at radius 2 is 2.26 bits per heavy atom. The van der Waals surface area contributed by atoms with Gasteiger partial charge in [0.2, 0.25) is 0 Å². The lowest BCUT2D eigenvalue weighted by atomic mass is 10.2. The van der Waals surface area contributed by atoms with Crippen LogP contribution in [-0.4, -0.2) is 49.1 Å². The van der Waals surface area contributed by atoms with E-state index in [0.717, 1.165) is 6.42 Å². The minimum absolute atomic E-state index is 0.0523. The summed E-state index contributed by atoms with van der Waals surface area (Å²) in [5, 5.41) is 2.94. The highest BCUT2D eigenvalue weighted by atomic mass is 16.5. The van der Waals surface area contributed by atoms with E-state index < -0.39 is 0 Å². The zero-order valence-electron chi connectivity index (χ0n) is 12.1. The summed E-state index contributed by atoms with van der Waals surface area (Å²) in [6.45, 7) is 5.21. The van der Waals surface area contributed by atoms with Gasteiger partial charge in [0, 0.05) is 26.7 Å². The summed E-state index contributed by atoms with van der Waals surface area (Å²) in [6.07, 6.45) is 0.904. The van der Waals surface area contributed by atoms with E-state index in [2.05, 4.69) is 17.2 Å². The van der Waals surface area contributed by atoms with Crippen molar-refractivity contribution in [1.29, 1.82) is 0 Å². The highest BCUT2D eigenvalue weighted by Gasteiger charge is 2.21. The smallest absolute Gasteiger partial charge is 0.272 e. The van der Waals surface area contributed by atoms with Crippen LogP contribution in [0.3, 0.4) is 0 Å². The lowest BCUT2D eigenvalue weighted by Gasteiger charge is -2.28. The van der Waals surface area contributed by atoms with Crippen LogP contribution in [0.25, 0.3) is 0 Å². The molecule has 1 unspecified atom stereocenters.